The molecule has 1 aromatic rings. The summed E-state index contributed by atoms with van der Waals surface area (Å²) in [4.78, 5) is 3.98. The summed E-state index contributed by atoms with van der Waals surface area (Å²) in [6, 6.07) is 1.47. The number of hydrogen-bond acceptors (Lipinski definition) is 6. The molecule has 0 aliphatic carbocycles. The molecule has 1 aliphatic rings. The van der Waals surface area contributed by atoms with Crippen LogP contribution in [0, 0.1) is 5.41 Å². The first-order valence-corrected chi connectivity index (χ1v) is 8.83. The molecule has 7 nitrogen and oxygen atoms in total. The van der Waals surface area contributed by atoms with Gasteiger partial charge < -0.3 is 10.2 Å². The Morgan fingerprint density at radius 1 is 1.48 bits per heavy atom. The molecule has 0 radical (unpaired) electrons. The van der Waals surface area contributed by atoms with Gasteiger partial charge in [0.2, 0.25) is 10.0 Å². The molecule has 21 heavy (non-hydrogen) atoms. The van der Waals surface area contributed by atoms with Gasteiger partial charge in [0.1, 0.15) is 4.90 Å². The first-order valence-electron chi connectivity index (χ1n) is 6.56. The first-order chi connectivity index (χ1) is 9.86. The van der Waals surface area contributed by atoms with Crippen LogP contribution in [-0.4, -0.2) is 33.2 Å². The monoisotopic (exact) mass is 378 g/mol. The van der Waals surface area contributed by atoms with Crippen molar-refractivity contribution in [2.75, 3.05) is 25.2 Å². The molecular formula is C12H19BrN4O3S. The second-order valence-electron chi connectivity index (χ2n) is 5.39. The highest BCUT2D eigenvalue weighted by molar-refractivity contribution is 9.10. The zero-order valence-corrected chi connectivity index (χ0v) is 14.1. The van der Waals surface area contributed by atoms with Crippen LogP contribution in [0.4, 0.5) is 5.82 Å². The number of aromatic nitrogens is 1. The van der Waals surface area contributed by atoms with Crippen LogP contribution in [-0.2, 0) is 14.8 Å². The summed E-state index contributed by atoms with van der Waals surface area (Å²) in [5, 5.41) is 0. The van der Waals surface area contributed by atoms with Gasteiger partial charge in [-0.2, -0.15) is 0 Å². The van der Waals surface area contributed by atoms with Crippen LogP contribution < -0.4 is 16.0 Å². The molecule has 1 saturated heterocycles. The molecular weight excluding hydrogens is 360 g/mol. The molecule has 0 saturated carbocycles. The number of hydrogen-bond donors (Lipinski definition) is 3. The summed E-state index contributed by atoms with van der Waals surface area (Å²) in [7, 11) is -3.69. The van der Waals surface area contributed by atoms with Crippen LogP contribution in [0.15, 0.2) is 21.6 Å². The summed E-state index contributed by atoms with van der Waals surface area (Å²) >= 11 is 3.22. The second-order valence-corrected chi connectivity index (χ2v) is 8.04. The number of sulfonamides is 1. The van der Waals surface area contributed by atoms with E-state index in [-0.39, 0.29) is 16.1 Å². The van der Waals surface area contributed by atoms with Crippen molar-refractivity contribution < 1.29 is 13.2 Å². The largest absolute Gasteiger partial charge is 0.381 e. The van der Waals surface area contributed by atoms with Crippen molar-refractivity contribution in [2.24, 2.45) is 11.3 Å². The van der Waals surface area contributed by atoms with E-state index in [9.17, 15) is 8.42 Å². The van der Waals surface area contributed by atoms with Gasteiger partial charge in [-0.05, 0) is 40.3 Å². The van der Waals surface area contributed by atoms with Crippen molar-refractivity contribution in [3.05, 3.63) is 16.7 Å². The number of nitrogen functional groups attached to an aromatic ring is 1. The molecule has 2 rings (SSSR count). The SMILES string of the molecule is CC1(CNS(=O)(=O)c2cc(Br)cnc2NN)CCOCC1. The third-order valence-electron chi connectivity index (χ3n) is 3.63. The first kappa shape index (κ1) is 16.6. The number of rotatable bonds is 5. The van der Waals surface area contributed by atoms with Crippen molar-refractivity contribution in [1.82, 2.24) is 9.71 Å². The maximum atomic E-state index is 12.5. The predicted molar refractivity (Wildman–Crippen MR) is 83.1 cm³/mol. The van der Waals surface area contributed by atoms with Crippen LogP contribution in [0.5, 0.6) is 0 Å². The normalized spacial score (nSPS) is 18.4. The molecule has 1 aliphatic heterocycles. The molecule has 0 unspecified atom stereocenters. The topological polar surface area (TPSA) is 106 Å². The van der Waals surface area contributed by atoms with E-state index in [1.165, 1.54) is 12.3 Å². The van der Waals surface area contributed by atoms with Crippen LogP contribution >= 0.6 is 15.9 Å². The molecule has 0 atom stereocenters. The number of nitrogens with one attached hydrogen (secondary N) is 2. The molecule has 0 bridgehead atoms. The predicted octanol–water partition coefficient (Wildman–Crippen LogP) is 1.22. The van der Waals surface area contributed by atoms with Gasteiger partial charge in [0.25, 0.3) is 0 Å². The van der Waals surface area contributed by atoms with Crippen LogP contribution in [0.25, 0.3) is 0 Å². The average molecular weight is 379 g/mol. The van der Waals surface area contributed by atoms with Crippen LogP contribution in [0.1, 0.15) is 19.8 Å². The van der Waals surface area contributed by atoms with E-state index in [0.717, 1.165) is 12.8 Å². The van der Waals surface area contributed by atoms with Crippen LogP contribution in [0.3, 0.4) is 0 Å². The summed E-state index contributed by atoms with van der Waals surface area (Å²) in [6.45, 7) is 3.73. The molecule has 1 aromatic heterocycles. The lowest BCUT2D eigenvalue weighted by molar-refractivity contribution is 0.0265. The Morgan fingerprint density at radius 3 is 2.76 bits per heavy atom. The van der Waals surface area contributed by atoms with Gasteiger partial charge in [0.05, 0.1) is 0 Å². The number of nitrogens with two attached hydrogens (primary N) is 1. The highest BCUT2D eigenvalue weighted by Gasteiger charge is 2.30. The van der Waals surface area contributed by atoms with E-state index in [4.69, 9.17) is 10.6 Å². The van der Waals surface area contributed by atoms with E-state index in [0.29, 0.717) is 24.2 Å². The van der Waals surface area contributed by atoms with E-state index in [2.05, 4.69) is 38.0 Å². The zero-order chi connectivity index (χ0) is 15.5. The molecule has 0 amide bonds. The fourth-order valence-corrected chi connectivity index (χ4v) is 3.95. The molecule has 0 aromatic carbocycles. The average Bonchev–Trinajstić information content (AvgIpc) is 2.46. The van der Waals surface area contributed by atoms with Gasteiger partial charge in [-0.3, -0.25) is 0 Å². The highest BCUT2D eigenvalue weighted by Crippen LogP contribution is 2.30. The lowest BCUT2D eigenvalue weighted by atomic mass is 9.83. The lowest BCUT2D eigenvalue weighted by Crippen LogP contribution is -2.39. The van der Waals surface area contributed by atoms with Crippen molar-refractivity contribution >= 4 is 31.8 Å². The van der Waals surface area contributed by atoms with Gasteiger partial charge in [0, 0.05) is 30.4 Å². The summed E-state index contributed by atoms with van der Waals surface area (Å²) < 4.78 is 33.4. The Balaban J connectivity index is 2.17. The van der Waals surface area contributed by atoms with E-state index < -0.39 is 10.0 Å². The second kappa shape index (κ2) is 6.57. The number of hydrazine groups is 1. The van der Waals surface area contributed by atoms with E-state index in [1.807, 2.05) is 0 Å². The fraction of sp³-hybridized carbons (Fsp3) is 0.583. The number of anilines is 1. The van der Waals surface area contributed by atoms with Crippen LogP contribution in [0.2, 0.25) is 0 Å². The minimum absolute atomic E-state index is 0.0232. The molecule has 1 fully saturated rings. The van der Waals surface area contributed by atoms with Gasteiger partial charge >= 0.3 is 0 Å². The van der Waals surface area contributed by atoms with Crippen molar-refractivity contribution in [1.29, 1.82) is 0 Å². The Kier molecular flexibility index (Phi) is 5.20. The van der Waals surface area contributed by atoms with Gasteiger partial charge in [-0.25, -0.2) is 24.0 Å². The lowest BCUT2D eigenvalue weighted by Gasteiger charge is -2.33. The van der Waals surface area contributed by atoms with Gasteiger partial charge in [0.15, 0.2) is 5.82 Å². The summed E-state index contributed by atoms with van der Waals surface area (Å²) in [5.41, 5.74) is 2.21. The Morgan fingerprint density at radius 2 is 2.14 bits per heavy atom. The quantitative estimate of drug-likeness (QED) is 0.525. The molecule has 0 spiro atoms. The maximum absolute atomic E-state index is 12.5. The number of halogens is 1. The molecule has 4 N–H and O–H groups in total. The maximum Gasteiger partial charge on any atom is 0.244 e. The number of nitrogens with zero attached hydrogens (tertiary/aromatic N) is 1. The minimum Gasteiger partial charge on any atom is -0.381 e. The van der Waals surface area contributed by atoms with Gasteiger partial charge in [-0.15, -0.1) is 0 Å². The van der Waals surface area contributed by atoms with E-state index >= 15 is 0 Å². The van der Waals surface area contributed by atoms with Crippen molar-refractivity contribution in [3.8, 4) is 0 Å². The Labute approximate surface area is 132 Å². The molecule has 118 valence electrons. The van der Waals surface area contributed by atoms with Crippen molar-refractivity contribution in [3.63, 3.8) is 0 Å². The smallest absolute Gasteiger partial charge is 0.244 e. The summed E-state index contributed by atoms with van der Waals surface area (Å²) in [6.07, 6.45) is 3.14. The highest BCUT2D eigenvalue weighted by atomic mass is 79.9. The molecule has 9 heteroatoms. The third-order valence-corrected chi connectivity index (χ3v) is 5.48. The standard InChI is InChI=1S/C12H19BrN4O3S/c1-12(2-4-20-5-3-12)8-16-21(18,19)10-6-9(13)7-15-11(10)17-14/h6-7,16H,2-5,8,14H2,1H3,(H,15,17). The zero-order valence-electron chi connectivity index (χ0n) is 11.7. The Hall–Kier alpha value is -0.740. The fourth-order valence-electron chi connectivity index (χ4n) is 2.12. The minimum atomic E-state index is -3.69. The Bertz CT molecular complexity index is 603. The third kappa shape index (κ3) is 4.13. The van der Waals surface area contributed by atoms with Crippen molar-refractivity contribution in [2.45, 2.75) is 24.7 Å². The molecule has 2 heterocycles. The van der Waals surface area contributed by atoms with E-state index in [1.54, 1.807) is 0 Å². The summed E-state index contributed by atoms with van der Waals surface area (Å²) in [5.74, 6) is 5.44. The number of ether oxygens (including phenoxy) is 1. The number of pyridine rings is 1. The van der Waals surface area contributed by atoms with Gasteiger partial charge in [-0.1, -0.05) is 6.92 Å².